The van der Waals surface area contributed by atoms with Gasteiger partial charge < -0.3 is 15.0 Å². The van der Waals surface area contributed by atoms with E-state index in [1.165, 1.54) is 10.6 Å². The maximum absolute atomic E-state index is 11.6. The Morgan fingerprint density at radius 2 is 2.22 bits per heavy atom. The first-order chi connectivity index (χ1) is 8.66. The topological polar surface area (TPSA) is 71.3 Å². The molecule has 2 aromatic rings. The number of aromatic nitrogens is 1. The molecule has 94 valence electrons. The first kappa shape index (κ1) is 12.4. The van der Waals surface area contributed by atoms with Crippen molar-refractivity contribution in [2.75, 3.05) is 6.54 Å². The summed E-state index contributed by atoms with van der Waals surface area (Å²) in [4.78, 5) is 23.0. The Labute approximate surface area is 107 Å². The molecule has 0 aliphatic heterocycles. The SMILES string of the molecule is O=C(O)NCCn1cc(-c2cccs2)ccc1=O. The zero-order valence-corrected chi connectivity index (χ0v) is 10.3. The molecule has 6 heteroatoms. The molecule has 0 bridgehead atoms. The average molecular weight is 264 g/mol. The molecule has 0 aromatic carbocycles. The molecule has 2 heterocycles. The number of hydrogen-bond acceptors (Lipinski definition) is 3. The second kappa shape index (κ2) is 5.50. The van der Waals surface area contributed by atoms with E-state index in [1.807, 2.05) is 17.5 Å². The predicted molar refractivity (Wildman–Crippen MR) is 70.0 cm³/mol. The van der Waals surface area contributed by atoms with Gasteiger partial charge >= 0.3 is 6.09 Å². The minimum Gasteiger partial charge on any atom is -0.465 e. The molecule has 5 nitrogen and oxygen atoms in total. The summed E-state index contributed by atoms with van der Waals surface area (Å²) < 4.78 is 1.50. The monoisotopic (exact) mass is 264 g/mol. The largest absolute Gasteiger partial charge is 0.465 e. The third-order valence-electron chi connectivity index (χ3n) is 2.42. The number of amides is 1. The lowest BCUT2D eigenvalue weighted by Crippen LogP contribution is -2.29. The van der Waals surface area contributed by atoms with Crippen LogP contribution in [0.25, 0.3) is 10.4 Å². The van der Waals surface area contributed by atoms with Gasteiger partial charge in [-0.2, -0.15) is 0 Å². The second-order valence-electron chi connectivity index (χ2n) is 3.66. The summed E-state index contributed by atoms with van der Waals surface area (Å²) in [5, 5.41) is 12.7. The van der Waals surface area contributed by atoms with Gasteiger partial charge in [-0.3, -0.25) is 4.79 Å². The third kappa shape index (κ3) is 2.98. The second-order valence-corrected chi connectivity index (χ2v) is 4.61. The maximum Gasteiger partial charge on any atom is 0.404 e. The molecule has 2 rings (SSSR count). The van der Waals surface area contributed by atoms with Gasteiger partial charge in [-0.25, -0.2) is 4.79 Å². The molecular weight excluding hydrogens is 252 g/mol. The summed E-state index contributed by atoms with van der Waals surface area (Å²) in [6.45, 7) is 0.535. The van der Waals surface area contributed by atoms with E-state index in [4.69, 9.17) is 5.11 Å². The lowest BCUT2D eigenvalue weighted by Gasteiger charge is -2.07. The minimum atomic E-state index is -1.09. The van der Waals surface area contributed by atoms with E-state index < -0.39 is 6.09 Å². The van der Waals surface area contributed by atoms with Crippen molar-refractivity contribution >= 4 is 17.4 Å². The highest BCUT2D eigenvalue weighted by Gasteiger charge is 2.02. The summed E-state index contributed by atoms with van der Waals surface area (Å²) in [6, 6.07) is 7.19. The fourth-order valence-electron chi connectivity index (χ4n) is 1.58. The minimum absolute atomic E-state index is 0.137. The van der Waals surface area contributed by atoms with Crippen LogP contribution in [0.15, 0.2) is 40.6 Å². The predicted octanol–water partition coefficient (Wildman–Crippen LogP) is 1.84. The quantitative estimate of drug-likeness (QED) is 0.885. The van der Waals surface area contributed by atoms with Crippen LogP contribution in [0.1, 0.15) is 0 Å². The zero-order chi connectivity index (χ0) is 13.0. The van der Waals surface area contributed by atoms with Crippen LogP contribution in [0, 0.1) is 0 Å². The molecule has 0 aliphatic rings. The average Bonchev–Trinajstić information content (AvgIpc) is 2.84. The van der Waals surface area contributed by atoms with Crippen LogP contribution in [0.4, 0.5) is 4.79 Å². The highest BCUT2D eigenvalue weighted by molar-refractivity contribution is 7.13. The van der Waals surface area contributed by atoms with E-state index in [1.54, 1.807) is 23.6 Å². The van der Waals surface area contributed by atoms with Crippen molar-refractivity contribution in [3.63, 3.8) is 0 Å². The number of thiophene rings is 1. The number of nitrogens with one attached hydrogen (secondary N) is 1. The molecule has 18 heavy (non-hydrogen) atoms. The number of carboxylic acid groups (broad SMARTS) is 1. The van der Waals surface area contributed by atoms with Crippen LogP contribution in [-0.4, -0.2) is 22.3 Å². The van der Waals surface area contributed by atoms with Crippen molar-refractivity contribution in [2.24, 2.45) is 0 Å². The number of nitrogens with zero attached hydrogens (tertiary/aromatic N) is 1. The lowest BCUT2D eigenvalue weighted by molar-refractivity contribution is 0.194. The molecule has 0 spiro atoms. The Kier molecular flexibility index (Phi) is 3.78. The zero-order valence-electron chi connectivity index (χ0n) is 9.50. The Balaban J connectivity index is 2.17. The summed E-state index contributed by atoms with van der Waals surface area (Å²) in [5.41, 5.74) is 0.822. The van der Waals surface area contributed by atoms with E-state index in [0.717, 1.165) is 10.4 Å². The van der Waals surface area contributed by atoms with Crippen LogP contribution in [-0.2, 0) is 6.54 Å². The summed E-state index contributed by atoms with van der Waals surface area (Å²) in [6.07, 6.45) is 0.662. The van der Waals surface area contributed by atoms with E-state index >= 15 is 0 Å². The standard InChI is InChI=1S/C12H12N2O3S/c15-11-4-3-9(10-2-1-7-18-10)8-14(11)6-5-13-12(16)17/h1-4,7-8,13H,5-6H2,(H,16,17). The molecule has 0 unspecified atom stereocenters. The van der Waals surface area contributed by atoms with Crippen LogP contribution < -0.4 is 10.9 Å². The highest BCUT2D eigenvalue weighted by Crippen LogP contribution is 2.22. The number of hydrogen-bond donors (Lipinski definition) is 2. The maximum atomic E-state index is 11.6. The smallest absolute Gasteiger partial charge is 0.404 e. The van der Waals surface area contributed by atoms with Crippen molar-refractivity contribution < 1.29 is 9.90 Å². The van der Waals surface area contributed by atoms with Crippen molar-refractivity contribution in [3.8, 4) is 10.4 Å². The Morgan fingerprint density at radius 3 is 2.89 bits per heavy atom. The molecular formula is C12H12N2O3S. The molecule has 0 saturated carbocycles. The van der Waals surface area contributed by atoms with Crippen molar-refractivity contribution in [1.82, 2.24) is 9.88 Å². The summed E-state index contributed by atoms with van der Waals surface area (Å²) >= 11 is 1.59. The van der Waals surface area contributed by atoms with Gasteiger partial charge in [0.2, 0.25) is 0 Å². The number of rotatable bonds is 4. The van der Waals surface area contributed by atoms with E-state index in [2.05, 4.69) is 5.32 Å². The number of pyridine rings is 1. The Hall–Kier alpha value is -2.08. The van der Waals surface area contributed by atoms with Crippen LogP contribution in [0.2, 0.25) is 0 Å². The first-order valence-corrected chi connectivity index (χ1v) is 6.26. The van der Waals surface area contributed by atoms with Crippen molar-refractivity contribution in [2.45, 2.75) is 6.54 Å². The van der Waals surface area contributed by atoms with E-state index in [-0.39, 0.29) is 12.1 Å². The molecule has 0 aliphatic carbocycles. The summed E-state index contributed by atoms with van der Waals surface area (Å²) in [5.74, 6) is 0. The molecule has 0 radical (unpaired) electrons. The highest BCUT2D eigenvalue weighted by atomic mass is 32.1. The van der Waals surface area contributed by atoms with Gasteiger partial charge in [-0.15, -0.1) is 11.3 Å². The van der Waals surface area contributed by atoms with Crippen molar-refractivity contribution in [1.29, 1.82) is 0 Å². The van der Waals surface area contributed by atoms with Gasteiger partial charge in [0.1, 0.15) is 0 Å². The normalized spacial score (nSPS) is 10.2. The summed E-state index contributed by atoms with van der Waals surface area (Å²) in [7, 11) is 0. The third-order valence-corrected chi connectivity index (χ3v) is 3.34. The fourth-order valence-corrected chi connectivity index (χ4v) is 2.30. The van der Waals surface area contributed by atoms with E-state index in [0.29, 0.717) is 6.54 Å². The lowest BCUT2D eigenvalue weighted by atomic mass is 10.2. The molecule has 2 N–H and O–H groups in total. The Morgan fingerprint density at radius 1 is 1.39 bits per heavy atom. The first-order valence-electron chi connectivity index (χ1n) is 5.38. The fraction of sp³-hybridized carbons (Fsp3) is 0.167. The number of carbonyl (C=O) groups is 1. The van der Waals surface area contributed by atoms with Crippen LogP contribution in [0.3, 0.4) is 0 Å². The van der Waals surface area contributed by atoms with Gasteiger partial charge in [0, 0.05) is 35.8 Å². The molecule has 0 atom stereocenters. The van der Waals surface area contributed by atoms with Gasteiger partial charge in [0.25, 0.3) is 5.56 Å². The molecule has 0 saturated heterocycles. The van der Waals surface area contributed by atoms with Gasteiger partial charge in [0.15, 0.2) is 0 Å². The van der Waals surface area contributed by atoms with Crippen molar-refractivity contribution in [3.05, 3.63) is 46.2 Å². The molecule has 1 amide bonds. The molecule has 2 aromatic heterocycles. The van der Waals surface area contributed by atoms with Gasteiger partial charge in [-0.05, 0) is 17.5 Å². The Bertz CT molecular complexity index is 590. The van der Waals surface area contributed by atoms with Crippen LogP contribution in [0.5, 0.6) is 0 Å². The van der Waals surface area contributed by atoms with E-state index in [9.17, 15) is 9.59 Å². The van der Waals surface area contributed by atoms with Gasteiger partial charge in [0.05, 0.1) is 0 Å². The molecule has 0 fully saturated rings. The van der Waals surface area contributed by atoms with Crippen LogP contribution >= 0.6 is 11.3 Å². The van der Waals surface area contributed by atoms with Gasteiger partial charge in [-0.1, -0.05) is 6.07 Å².